The fourth-order valence-corrected chi connectivity index (χ4v) is 2.45. The highest BCUT2D eigenvalue weighted by Crippen LogP contribution is 2.25. The number of fused-ring (bicyclic) bond motifs is 1. The van der Waals surface area contributed by atoms with Crippen LogP contribution < -0.4 is 0 Å². The van der Waals surface area contributed by atoms with E-state index in [1.165, 1.54) is 11.1 Å². The van der Waals surface area contributed by atoms with Gasteiger partial charge in [-0.15, -0.1) is 0 Å². The first-order valence-corrected chi connectivity index (χ1v) is 6.68. The van der Waals surface area contributed by atoms with Crippen LogP contribution in [0.5, 0.6) is 0 Å². The average molecular weight is 288 g/mol. The van der Waals surface area contributed by atoms with Crippen molar-refractivity contribution in [3.63, 3.8) is 0 Å². The third-order valence-corrected chi connectivity index (χ3v) is 3.73. The number of halogens is 1. The quantitative estimate of drug-likeness (QED) is 0.787. The predicted molar refractivity (Wildman–Crippen MR) is 79.3 cm³/mol. The highest BCUT2D eigenvalue weighted by Gasteiger charge is 2.11. The standard InChI is InChI=1S/C15H14ClN3O/c1-9-3-13-14(4-10(9)2)19(8-18-13)15-12(16)5-11(7-20)6-17-15/h3-6,8,20H,7H2,1-2H3. The average Bonchev–Trinajstić information content (AvgIpc) is 2.82. The molecular weight excluding hydrogens is 274 g/mol. The second-order valence-electron chi connectivity index (χ2n) is 4.85. The van der Waals surface area contributed by atoms with Crippen LogP contribution in [-0.4, -0.2) is 19.6 Å². The summed E-state index contributed by atoms with van der Waals surface area (Å²) in [5.41, 5.74) is 4.98. The van der Waals surface area contributed by atoms with Gasteiger partial charge in [0.1, 0.15) is 6.33 Å². The predicted octanol–water partition coefficient (Wildman–Crippen LogP) is 3.18. The Kier molecular flexibility index (Phi) is 3.20. The van der Waals surface area contributed by atoms with E-state index >= 15 is 0 Å². The molecular formula is C15H14ClN3O. The van der Waals surface area contributed by atoms with Crippen LogP contribution in [0.15, 0.2) is 30.7 Å². The fraction of sp³-hybridized carbons (Fsp3) is 0.200. The largest absolute Gasteiger partial charge is 0.392 e. The summed E-state index contributed by atoms with van der Waals surface area (Å²) in [6.07, 6.45) is 3.34. The van der Waals surface area contributed by atoms with Crippen LogP contribution in [0, 0.1) is 13.8 Å². The van der Waals surface area contributed by atoms with Crippen LogP contribution >= 0.6 is 11.6 Å². The van der Waals surface area contributed by atoms with Gasteiger partial charge >= 0.3 is 0 Å². The first kappa shape index (κ1) is 13.1. The minimum absolute atomic E-state index is 0.0734. The van der Waals surface area contributed by atoms with Gasteiger partial charge in [-0.05, 0) is 48.7 Å². The number of aliphatic hydroxyl groups is 1. The second kappa shape index (κ2) is 4.89. The molecule has 3 aromatic rings. The van der Waals surface area contributed by atoms with E-state index in [9.17, 15) is 0 Å². The molecule has 2 heterocycles. The number of hydrogen-bond acceptors (Lipinski definition) is 3. The van der Waals surface area contributed by atoms with Gasteiger partial charge in [-0.3, -0.25) is 4.57 Å². The Hall–Kier alpha value is -1.91. The van der Waals surface area contributed by atoms with Crippen molar-refractivity contribution in [2.75, 3.05) is 0 Å². The molecule has 2 aromatic heterocycles. The van der Waals surface area contributed by atoms with Crippen molar-refractivity contribution >= 4 is 22.6 Å². The molecule has 0 saturated carbocycles. The zero-order chi connectivity index (χ0) is 14.3. The van der Waals surface area contributed by atoms with E-state index in [1.54, 1.807) is 18.6 Å². The lowest BCUT2D eigenvalue weighted by Crippen LogP contribution is -1.99. The van der Waals surface area contributed by atoms with Crippen molar-refractivity contribution in [2.45, 2.75) is 20.5 Å². The molecule has 20 heavy (non-hydrogen) atoms. The minimum Gasteiger partial charge on any atom is -0.392 e. The van der Waals surface area contributed by atoms with Crippen molar-refractivity contribution in [1.29, 1.82) is 0 Å². The molecule has 102 valence electrons. The molecule has 5 heteroatoms. The fourth-order valence-electron chi connectivity index (χ4n) is 2.17. The number of benzene rings is 1. The molecule has 0 aliphatic carbocycles. The number of rotatable bonds is 2. The summed E-state index contributed by atoms with van der Waals surface area (Å²) < 4.78 is 1.87. The zero-order valence-electron chi connectivity index (χ0n) is 11.3. The van der Waals surface area contributed by atoms with Gasteiger partial charge in [-0.2, -0.15) is 0 Å². The summed E-state index contributed by atoms with van der Waals surface area (Å²) >= 11 is 6.25. The topological polar surface area (TPSA) is 50.9 Å². The summed E-state index contributed by atoms with van der Waals surface area (Å²) in [5, 5.41) is 9.60. The minimum atomic E-state index is -0.0734. The number of pyridine rings is 1. The van der Waals surface area contributed by atoms with Crippen LogP contribution in [-0.2, 0) is 6.61 Å². The van der Waals surface area contributed by atoms with Crippen molar-refractivity contribution < 1.29 is 5.11 Å². The molecule has 1 N–H and O–H groups in total. The van der Waals surface area contributed by atoms with Gasteiger partial charge in [0.2, 0.25) is 0 Å². The van der Waals surface area contributed by atoms with Gasteiger partial charge in [0.15, 0.2) is 5.82 Å². The monoisotopic (exact) mass is 287 g/mol. The number of imidazole rings is 1. The Morgan fingerprint density at radius 3 is 2.60 bits per heavy atom. The van der Waals surface area contributed by atoms with E-state index in [1.807, 2.05) is 4.57 Å². The van der Waals surface area contributed by atoms with Gasteiger partial charge in [0, 0.05) is 6.20 Å². The molecule has 0 bridgehead atoms. The van der Waals surface area contributed by atoms with E-state index in [0.717, 1.165) is 11.0 Å². The molecule has 0 aliphatic rings. The number of hydrogen-bond donors (Lipinski definition) is 1. The molecule has 0 aliphatic heterocycles. The highest BCUT2D eigenvalue weighted by molar-refractivity contribution is 6.32. The van der Waals surface area contributed by atoms with E-state index in [4.69, 9.17) is 16.7 Å². The van der Waals surface area contributed by atoms with E-state index in [2.05, 4.69) is 35.9 Å². The van der Waals surface area contributed by atoms with E-state index in [0.29, 0.717) is 16.4 Å². The Bertz CT molecular complexity index is 795. The zero-order valence-corrected chi connectivity index (χ0v) is 12.0. The number of aromatic nitrogens is 3. The Labute approximate surface area is 121 Å². The molecule has 3 rings (SSSR count). The molecule has 0 saturated heterocycles. The normalized spacial score (nSPS) is 11.2. The third-order valence-electron chi connectivity index (χ3n) is 3.45. The maximum Gasteiger partial charge on any atom is 0.157 e. The lowest BCUT2D eigenvalue weighted by atomic mass is 10.1. The third kappa shape index (κ3) is 2.07. The SMILES string of the molecule is Cc1cc2ncn(-c3ncc(CO)cc3Cl)c2cc1C. The van der Waals surface area contributed by atoms with Gasteiger partial charge in [0.25, 0.3) is 0 Å². The maximum atomic E-state index is 9.10. The number of nitrogens with zero attached hydrogens (tertiary/aromatic N) is 3. The van der Waals surface area contributed by atoms with E-state index in [-0.39, 0.29) is 6.61 Å². The summed E-state index contributed by atoms with van der Waals surface area (Å²) in [4.78, 5) is 8.72. The van der Waals surface area contributed by atoms with Crippen molar-refractivity contribution in [3.8, 4) is 5.82 Å². The van der Waals surface area contributed by atoms with Gasteiger partial charge in [-0.25, -0.2) is 9.97 Å². The Balaban J connectivity index is 2.22. The van der Waals surface area contributed by atoms with Gasteiger partial charge in [0.05, 0.1) is 22.7 Å². The Morgan fingerprint density at radius 2 is 1.90 bits per heavy atom. The van der Waals surface area contributed by atoms with Gasteiger partial charge in [-0.1, -0.05) is 11.6 Å². The van der Waals surface area contributed by atoms with Crippen LogP contribution in [0.1, 0.15) is 16.7 Å². The number of aryl methyl sites for hydroxylation is 2. The molecule has 0 radical (unpaired) electrons. The van der Waals surface area contributed by atoms with Crippen molar-refractivity contribution in [2.24, 2.45) is 0 Å². The Morgan fingerprint density at radius 1 is 1.15 bits per heavy atom. The highest BCUT2D eigenvalue weighted by atomic mass is 35.5. The molecule has 4 nitrogen and oxygen atoms in total. The van der Waals surface area contributed by atoms with Crippen molar-refractivity contribution in [1.82, 2.24) is 14.5 Å². The van der Waals surface area contributed by atoms with Crippen LogP contribution in [0.4, 0.5) is 0 Å². The number of aliphatic hydroxyl groups excluding tert-OH is 1. The molecule has 0 spiro atoms. The lowest BCUT2D eigenvalue weighted by Gasteiger charge is -2.08. The van der Waals surface area contributed by atoms with Gasteiger partial charge < -0.3 is 5.11 Å². The summed E-state index contributed by atoms with van der Waals surface area (Å²) in [7, 11) is 0. The van der Waals surface area contributed by atoms with E-state index < -0.39 is 0 Å². The molecule has 0 amide bonds. The van der Waals surface area contributed by atoms with Crippen LogP contribution in [0.25, 0.3) is 16.9 Å². The first-order chi connectivity index (χ1) is 9.60. The smallest absolute Gasteiger partial charge is 0.157 e. The molecule has 0 unspecified atom stereocenters. The summed E-state index contributed by atoms with van der Waals surface area (Å²) in [6.45, 7) is 4.06. The molecule has 1 aromatic carbocycles. The second-order valence-corrected chi connectivity index (χ2v) is 5.25. The van der Waals surface area contributed by atoms with Crippen LogP contribution in [0.3, 0.4) is 0 Å². The first-order valence-electron chi connectivity index (χ1n) is 6.30. The summed E-state index contributed by atoms with van der Waals surface area (Å²) in [6, 6.07) is 5.85. The summed E-state index contributed by atoms with van der Waals surface area (Å²) in [5.74, 6) is 0.620. The van der Waals surface area contributed by atoms with Crippen molar-refractivity contribution in [3.05, 3.63) is 52.4 Å². The van der Waals surface area contributed by atoms with Crippen LogP contribution in [0.2, 0.25) is 5.02 Å². The molecule has 0 fully saturated rings. The maximum absolute atomic E-state index is 9.10. The molecule has 0 atom stereocenters. The lowest BCUT2D eigenvalue weighted by molar-refractivity contribution is 0.281.